The number of benzene rings is 1. The molecule has 3 aromatic rings. The number of nitrogens with one attached hydrogen (secondary N) is 1. The summed E-state index contributed by atoms with van der Waals surface area (Å²) < 4.78 is 1.33. The molecule has 0 aliphatic heterocycles. The Bertz CT molecular complexity index is 785. The van der Waals surface area contributed by atoms with E-state index in [1.807, 2.05) is 31.2 Å². The smallest absolute Gasteiger partial charge is 0.273 e. The van der Waals surface area contributed by atoms with E-state index in [-0.39, 0.29) is 5.56 Å². The van der Waals surface area contributed by atoms with Gasteiger partial charge in [-0.25, -0.2) is 4.98 Å². The molecule has 0 aliphatic rings. The minimum Gasteiger partial charge on any atom is -0.384 e. The van der Waals surface area contributed by atoms with E-state index in [2.05, 4.69) is 10.1 Å². The van der Waals surface area contributed by atoms with Gasteiger partial charge in [0.25, 0.3) is 5.56 Å². The summed E-state index contributed by atoms with van der Waals surface area (Å²) in [7, 11) is 0. The van der Waals surface area contributed by atoms with E-state index >= 15 is 0 Å². The Kier molecular flexibility index (Phi) is 2.19. The van der Waals surface area contributed by atoms with Gasteiger partial charge < -0.3 is 5.73 Å². The first-order valence-electron chi connectivity index (χ1n) is 5.59. The fourth-order valence-corrected chi connectivity index (χ4v) is 2.01. The van der Waals surface area contributed by atoms with Gasteiger partial charge >= 0.3 is 0 Å². The number of hydrogen-bond donors (Lipinski definition) is 2. The van der Waals surface area contributed by atoms with Crippen molar-refractivity contribution < 1.29 is 0 Å². The Labute approximate surface area is 103 Å². The molecule has 18 heavy (non-hydrogen) atoms. The second kappa shape index (κ2) is 3.73. The zero-order valence-electron chi connectivity index (χ0n) is 9.84. The lowest BCUT2D eigenvalue weighted by molar-refractivity contribution is 0.906. The average Bonchev–Trinajstić information content (AvgIpc) is 2.71. The van der Waals surface area contributed by atoms with Crippen LogP contribution in [0.2, 0.25) is 0 Å². The van der Waals surface area contributed by atoms with Crippen molar-refractivity contribution in [2.75, 3.05) is 5.73 Å². The molecule has 0 saturated heterocycles. The molecule has 0 atom stereocenters. The molecule has 3 N–H and O–H groups in total. The molecule has 5 heteroatoms. The Balaban J connectivity index is 2.31. The maximum absolute atomic E-state index is 11.9. The highest BCUT2D eigenvalue weighted by Gasteiger charge is 2.08. The first-order chi connectivity index (χ1) is 8.65. The number of nitrogens with two attached hydrogens (primary N) is 1. The quantitative estimate of drug-likeness (QED) is 0.678. The topological polar surface area (TPSA) is 76.2 Å². The first-order valence-corrected chi connectivity index (χ1v) is 5.59. The van der Waals surface area contributed by atoms with Gasteiger partial charge in [0.15, 0.2) is 5.65 Å². The number of H-pyrrole nitrogens is 1. The first kappa shape index (κ1) is 10.6. The van der Waals surface area contributed by atoms with Crippen LogP contribution in [-0.2, 0) is 0 Å². The molecular formula is C13H12N4O. The van der Waals surface area contributed by atoms with Gasteiger partial charge in [-0.05, 0) is 12.5 Å². The van der Waals surface area contributed by atoms with Crippen molar-refractivity contribution in [3.63, 3.8) is 0 Å². The van der Waals surface area contributed by atoms with E-state index in [0.717, 1.165) is 11.1 Å². The average molecular weight is 240 g/mol. The molecule has 0 fully saturated rings. The van der Waals surface area contributed by atoms with Crippen LogP contribution >= 0.6 is 0 Å². The molecular weight excluding hydrogens is 228 g/mol. The lowest BCUT2D eigenvalue weighted by atomic mass is 10.1. The molecule has 0 unspecified atom stereocenters. The van der Waals surface area contributed by atoms with Crippen molar-refractivity contribution in [3.8, 4) is 11.3 Å². The van der Waals surface area contributed by atoms with Gasteiger partial charge in [-0.1, -0.05) is 24.3 Å². The standard InChI is InChI=1S/C13H12N4O/c1-8-4-2-3-5-9(8)10-6-13(18)17-12(15-10)7-11(14)16-17/h2-7,16H,14H2,1H3. The van der Waals surface area contributed by atoms with E-state index in [4.69, 9.17) is 5.73 Å². The minimum absolute atomic E-state index is 0.171. The van der Waals surface area contributed by atoms with Gasteiger partial charge in [-0.2, -0.15) is 4.52 Å². The normalized spacial score (nSPS) is 10.9. The number of rotatable bonds is 1. The van der Waals surface area contributed by atoms with Crippen molar-refractivity contribution in [2.45, 2.75) is 6.92 Å². The molecule has 1 aromatic carbocycles. The Hall–Kier alpha value is -2.56. The summed E-state index contributed by atoms with van der Waals surface area (Å²) in [6.45, 7) is 1.99. The number of nitrogen functional groups attached to an aromatic ring is 1. The van der Waals surface area contributed by atoms with Gasteiger partial charge in [0.05, 0.1) is 5.69 Å². The van der Waals surface area contributed by atoms with Crippen LogP contribution in [0.3, 0.4) is 0 Å². The fraction of sp³-hybridized carbons (Fsp3) is 0.0769. The Morgan fingerprint density at radius 1 is 1.28 bits per heavy atom. The summed E-state index contributed by atoms with van der Waals surface area (Å²) in [6, 6.07) is 11.0. The molecule has 0 spiro atoms. The van der Waals surface area contributed by atoms with E-state index in [1.54, 1.807) is 6.07 Å². The molecule has 0 amide bonds. The van der Waals surface area contributed by atoms with Crippen LogP contribution < -0.4 is 11.3 Å². The summed E-state index contributed by atoms with van der Waals surface area (Å²) in [4.78, 5) is 16.4. The van der Waals surface area contributed by atoms with Crippen molar-refractivity contribution in [1.82, 2.24) is 14.6 Å². The van der Waals surface area contributed by atoms with E-state index in [1.165, 1.54) is 10.6 Å². The summed E-state index contributed by atoms with van der Waals surface area (Å²) in [5.41, 5.74) is 8.68. The summed E-state index contributed by atoms with van der Waals surface area (Å²) in [5.74, 6) is 0.418. The van der Waals surface area contributed by atoms with E-state index in [0.29, 0.717) is 17.2 Å². The van der Waals surface area contributed by atoms with E-state index < -0.39 is 0 Å². The number of anilines is 1. The van der Waals surface area contributed by atoms with Crippen molar-refractivity contribution in [1.29, 1.82) is 0 Å². The third-order valence-electron chi connectivity index (χ3n) is 2.89. The highest BCUT2D eigenvalue weighted by atomic mass is 16.1. The number of aromatic amines is 1. The molecule has 0 aliphatic carbocycles. The predicted octanol–water partition coefficient (Wildman–Crippen LogP) is 1.58. The van der Waals surface area contributed by atoms with Crippen LogP contribution in [0, 0.1) is 6.92 Å². The molecule has 90 valence electrons. The lowest BCUT2D eigenvalue weighted by Crippen LogP contribution is -2.14. The predicted molar refractivity (Wildman–Crippen MR) is 70.4 cm³/mol. The van der Waals surface area contributed by atoms with Crippen molar-refractivity contribution in [2.24, 2.45) is 0 Å². The van der Waals surface area contributed by atoms with Crippen LogP contribution in [0.1, 0.15) is 5.56 Å². The van der Waals surface area contributed by atoms with Gasteiger partial charge in [0.1, 0.15) is 5.82 Å². The maximum Gasteiger partial charge on any atom is 0.273 e. The van der Waals surface area contributed by atoms with E-state index in [9.17, 15) is 4.79 Å². The monoisotopic (exact) mass is 240 g/mol. The third kappa shape index (κ3) is 1.57. The number of aryl methyl sites for hydroxylation is 1. The fourth-order valence-electron chi connectivity index (χ4n) is 2.01. The third-order valence-corrected chi connectivity index (χ3v) is 2.89. The van der Waals surface area contributed by atoms with Crippen LogP contribution in [0.25, 0.3) is 16.9 Å². The van der Waals surface area contributed by atoms with Crippen LogP contribution in [-0.4, -0.2) is 14.6 Å². The molecule has 3 rings (SSSR count). The van der Waals surface area contributed by atoms with Crippen LogP contribution in [0.4, 0.5) is 5.82 Å². The Morgan fingerprint density at radius 2 is 2.06 bits per heavy atom. The number of aromatic nitrogens is 3. The molecule has 0 bridgehead atoms. The molecule has 2 aromatic heterocycles. The van der Waals surface area contributed by atoms with Gasteiger partial charge in [0, 0.05) is 17.7 Å². The van der Waals surface area contributed by atoms with Gasteiger partial charge in [0.2, 0.25) is 0 Å². The zero-order valence-corrected chi connectivity index (χ0v) is 9.84. The summed E-state index contributed by atoms with van der Waals surface area (Å²) in [5, 5.41) is 2.74. The maximum atomic E-state index is 11.9. The number of hydrogen-bond acceptors (Lipinski definition) is 3. The summed E-state index contributed by atoms with van der Waals surface area (Å²) in [6.07, 6.45) is 0. The lowest BCUT2D eigenvalue weighted by Gasteiger charge is -2.04. The second-order valence-corrected chi connectivity index (χ2v) is 4.20. The second-order valence-electron chi connectivity index (χ2n) is 4.20. The highest BCUT2D eigenvalue weighted by Crippen LogP contribution is 2.20. The highest BCUT2D eigenvalue weighted by molar-refractivity contribution is 5.65. The minimum atomic E-state index is -0.171. The zero-order chi connectivity index (χ0) is 12.7. The van der Waals surface area contributed by atoms with Crippen molar-refractivity contribution >= 4 is 11.5 Å². The molecule has 0 saturated carbocycles. The Morgan fingerprint density at radius 3 is 2.83 bits per heavy atom. The van der Waals surface area contributed by atoms with Crippen LogP contribution in [0.15, 0.2) is 41.2 Å². The molecule has 5 nitrogen and oxygen atoms in total. The number of fused-ring (bicyclic) bond motifs is 1. The summed E-state index contributed by atoms with van der Waals surface area (Å²) >= 11 is 0. The van der Waals surface area contributed by atoms with Crippen molar-refractivity contribution in [3.05, 3.63) is 52.3 Å². The molecule has 0 radical (unpaired) electrons. The van der Waals surface area contributed by atoms with Gasteiger partial charge in [-0.3, -0.25) is 9.89 Å². The van der Waals surface area contributed by atoms with Gasteiger partial charge in [-0.15, -0.1) is 0 Å². The number of nitrogens with zero attached hydrogens (tertiary/aromatic N) is 2. The van der Waals surface area contributed by atoms with Crippen LogP contribution in [0.5, 0.6) is 0 Å². The largest absolute Gasteiger partial charge is 0.384 e. The SMILES string of the molecule is Cc1ccccc1-c1cc(=O)n2[nH]c(N)cc2n1. The molecule has 2 heterocycles.